The zero-order valence-electron chi connectivity index (χ0n) is 14.3. The molecule has 0 amide bonds. The van der Waals surface area contributed by atoms with E-state index in [9.17, 15) is 0 Å². The Morgan fingerprint density at radius 1 is 0.958 bits per heavy atom. The van der Waals surface area contributed by atoms with Crippen molar-refractivity contribution >= 4 is 21.7 Å². The molecule has 24 heavy (non-hydrogen) atoms. The second-order valence-electron chi connectivity index (χ2n) is 5.17. The van der Waals surface area contributed by atoms with E-state index < -0.39 is 0 Å². The third kappa shape index (κ3) is 5.97. The van der Waals surface area contributed by atoms with Crippen LogP contribution in [0.25, 0.3) is 27.4 Å². The third-order valence-electron chi connectivity index (χ3n) is 3.48. The Labute approximate surface area is 159 Å². The number of nitrogens with one attached hydrogen (secondary N) is 1. The van der Waals surface area contributed by atoms with Crippen LogP contribution in [0.3, 0.4) is 0 Å². The monoisotopic (exact) mass is 497 g/mol. The Kier molecular flexibility index (Phi) is 11.5. The fourth-order valence-electron chi connectivity index (χ4n) is 2.27. The first-order chi connectivity index (χ1) is 10.8. The van der Waals surface area contributed by atoms with Crippen molar-refractivity contribution in [2.24, 2.45) is 0 Å². The van der Waals surface area contributed by atoms with Crippen molar-refractivity contribution in [1.82, 2.24) is 4.98 Å². The second kappa shape index (κ2) is 12.1. The molecule has 1 aromatic heterocycles. The van der Waals surface area contributed by atoms with Crippen molar-refractivity contribution in [2.45, 2.75) is 32.2 Å². The van der Waals surface area contributed by atoms with Crippen molar-refractivity contribution in [2.75, 3.05) is 0 Å². The molecule has 1 N–H and O–H groups in total. The summed E-state index contributed by atoms with van der Waals surface area (Å²) in [7, 11) is 0. The van der Waals surface area contributed by atoms with E-state index in [2.05, 4.69) is 43.1 Å². The van der Waals surface area contributed by atoms with E-state index in [0.717, 1.165) is 40.2 Å². The van der Waals surface area contributed by atoms with E-state index in [1.165, 1.54) is 12.8 Å². The first-order valence-corrected chi connectivity index (χ1v) is 7.72. The molecule has 3 heteroatoms. The summed E-state index contributed by atoms with van der Waals surface area (Å²) < 4.78 is 0. The molecule has 0 spiro atoms. The summed E-state index contributed by atoms with van der Waals surface area (Å²) in [5, 5.41) is 3.28. The van der Waals surface area contributed by atoms with Crippen LogP contribution in [-0.4, -0.2) is 4.98 Å². The number of hydrogen-bond donors (Lipinski definition) is 0. The number of rotatable bonds is 4. The summed E-state index contributed by atoms with van der Waals surface area (Å²) in [5.41, 5.74) is 9.10. The summed E-state index contributed by atoms with van der Waals surface area (Å²) >= 11 is 0. The van der Waals surface area contributed by atoms with Gasteiger partial charge >= 0.3 is 19.8 Å². The van der Waals surface area contributed by atoms with Gasteiger partial charge in [-0.3, -0.25) is 0 Å². The van der Waals surface area contributed by atoms with Gasteiger partial charge < -0.3 is 32.0 Å². The van der Waals surface area contributed by atoms with Crippen molar-refractivity contribution in [1.29, 1.82) is 0 Å². The quantitative estimate of drug-likeness (QED) is 0.234. The molecule has 0 aliphatic heterocycles. The normalized spacial score (nSPS) is 9.62. The Balaban J connectivity index is 0.000000581. The SMILES string of the molecule is [CH2-]CCCC[CH2-].[CH3-].[NH-]Cc1ccc2ccc3ccc[c-]c3c2n1.[Os+5]. The van der Waals surface area contributed by atoms with Crippen molar-refractivity contribution in [3.05, 3.63) is 81.2 Å². The number of fused-ring (bicyclic) bond motifs is 3. The molecule has 0 saturated carbocycles. The minimum Gasteiger partial charge on any atom is -0.672 e. The molecular formula is C21H25N2Os. The molecule has 1 radical (unpaired) electrons. The first-order valence-electron chi connectivity index (χ1n) is 7.72. The number of hydrogen-bond acceptors (Lipinski definition) is 1. The van der Waals surface area contributed by atoms with E-state index >= 15 is 0 Å². The largest absolute Gasteiger partial charge is 5.00 e. The smallest absolute Gasteiger partial charge is 0.672 e. The van der Waals surface area contributed by atoms with E-state index in [4.69, 9.17) is 5.73 Å². The number of unbranched alkanes of at least 4 members (excludes halogenated alkanes) is 3. The number of nitrogens with zero attached hydrogens (tertiary/aromatic N) is 1. The Morgan fingerprint density at radius 3 is 2.21 bits per heavy atom. The van der Waals surface area contributed by atoms with Gasteiger partial charge in [0.05, 0.1) is 0 Å². The Morgan fingerprint density at radius 2 is 1.58 bits per heavy atom. The van der Waals surface area contributed by atoms with Gasteiger partial charge in [-0.2, -0.15) is 12.8 Å². The second-order valence-corrected chi connectivity index (χ2v) is 5.17. The predicted molar refractivity (Wildman–Crippen MR) is 102 cm³/mol. The zero-order chi connectivity index (χ0) is 15.8. The van der Waals surface area contributed by atoms with Gasteiger partial charge in [-0.15, -0.1) is 41.6 Å². The van der Waals surface area contributed by atoms with Crippen LogP contribution in [-0.2, 0) is 26.3 Å². The van der Waals surface area contributed by atoms with Gasteiger partial charge in [0.1, 0.15) is 0 Å². The van der Waals surface area contributed by atoms with Gasteiger partial charge in [0.25, 0.3) is 0 Å². The van der Waals surface area contributed by atoms with Crippen LogP contribution >= 0.6 is 0 Å². The molecular weight excluding hydrogens is 470 g/mol. The Bertz CT molecular complexity index is 721. The topological polar surface area (TPSA) is 36.7 Å². The molecule has 0 bridgehead atoms. The molecule has 0 aliphatic rings. The predicted octanol–water partition coefficient (Wildman–Crippen LogP) is 6.40. The summed E-state index contributed by atoms with van der Waals surface area (Å²) in [6.45, 7) is 7.61. The van der Waals surface area contributed by atoms with Crippen LogP contribution in [0, 0.1) is 27.3 Å². The van der Waals surface area contributed by atoms with Crippen LogP contribution in [0.1, 0.15) is 31.4 Å². The van der Waals surface area contributed by atoms with Gasteiger partial charge in [0.2, 0.25) is 0 Å². The maximum absolute atomic E-state index is 7.35. The van der Waals surface area contributed by atoms with E-state index in [1.807, 2.05) is 24.3 Å². The van der Waals surface area contributed by atoms with Crippen LogP contribution in [0.4, 0.5) is 0 Å². The van der Waals surface area contributed by atoms with Crippen LogP contribution in [0.2, 0.25) is 0 Å². The number of benzene rings is 2. The third-order valence-corrected chi connectivity index (χ3v) is 3.48. The molecule has 0 fully saturated rings. The van der Waals surface area contributed by atoms with Gasteiger partial charge in [-0.05, 0) is 17.0 Å². The molecule has 0 unspecified atom stereocenters. The van der Waals surface area contributed by atoms with Gasteiger partial charge in [0.15, 0.2) is 0 Å². The van der Waals surface area contributed by atoms with Crippen LogP contribution in [0.15, 0.2) is 42.5 Å². The Hall–Kier alpha value is -1.29. The molecule has 0 saturated heterocycles. The maximum Gasteiger partial charge on any atom is 5.00 e. The molecule has 2 nitrogen and oxygen atoms in total. The molecule has 127 valence electrons. The fraction of sp³-hybridized carbons (Fsp3) is 0.238. The zero-order valence-corrected chi connectivity index (χ0v) is 16.8. The maximum atomic E-state index is 7.35. The average Bonchev–Trinajstić information content (AvgIpc) is 2.60. The molecule has 1 heterocycles. The molecule has 2 aromatic carbocycles. The van der Waals surface area contributed by atoms with Gasteiger partial charge in [-0.25, -0.2) is 0 Å². The van der Waals surface area contributed by atoms with Crippen LogP contribution < -0.4 is 0 Å². The van der Waals surface area contributed by atoms with Crippen molar-refractivity contribution < 1.29 is 19.8 Å². The standard InChI is InChI=1S/C14H10N2.C6H12.CH3.Os/c15-9-12-8-7-11-6-5-10-3-1-2-4-13(10)14(11)16-12;1-3-5-6-4-2;;/h1-3,5-8,15H,9H2;1-6H2;1H3;/q2*-2;-1;+5. The molecule has 0 atom stereocenters. The summed E-state index contributed by atoms with van der Waals surface area (Å²) in [6.07, 6.45) is 4.61. The summed E-state index contributed by atoms with van der Waals surface area (Å²) in [5.74, 6) is 0. The van der Waals surface area contributed by atoms with Gasteiger partial charge in [-0.1, -0.05) is 31.0 Å². The first kappa shape index (κ1) is 22.7. The molecule has 3 rings (SSSR count). The van der Waals surface area contributed by atoms with Crippen molar-refractivity contribution in [3.63, 3.8) is 0 Å². The number of pyridine rings is 1. The molecule has 0 aliphatic carbocycles. The van der Waals surface area contributed by atoms with E-state index in [0.29, 0.717) is 0 Å². The summed E-state index contributed by atoms with van der Waals surface area (Å²) in [6, 6.07) is 17.2. The van der Waals surface area contributed by atoms with E-state index in [-0.39, 0.29) is 33.8 Å². The average molecular weight is 496 g/mol. The fourth-order valence-corrected chi connectivity index (χ4v) is 2.27. The molecule has 3 aromatic rings. The van der Waals surface area contributed by atoms with Gasteiger partial charge in [0, 0.05) is 5.69 Å². The van der Waals surface area contributed by atoms with Crippen molar-refractivity contribution in [3.8, 4) is 0 Å². The van der Waals surface area contributed by atoms with E-state index in [1.54, 1.807) is 0 Å². The minimum atomic E-state index is 0. The number of aromatic nitrogens is 1. The van der Waals surface area contributed by atoms with Crippen LogP contribution in [0.5, 0.6) is 0 Å². The minimum absolute atomic E-state index is 0. The summed E-state index contributed by atoms with van der Waals surface area (Å²) in [4.78, 5) is 4.50.